The van der Waals surface area contributed by atoms with Crippen molar-refractivity contribution in [3.05, 3.63) is 10.6 Å². The highest BCUT2D eigenvalue weighted by Gasteiger charge is 2.31. The first kappa shape index (κ1) is 16.3. The molecule has 0 radical (unpaired) electrons. The Hall–Kier alpha value is -1.10. The molecule has 1 N–H and O–H groups in total. The second-order valence-corrected chi connectivity index (χ2v) is 7.48. The van der Waals surface area contributed by atoms with Crippen LogP contribution in [0.5, 0.6) is 0 Å². The molecule has 1 aromatic rings. The molecule has 0 amide bonds. The third-order valence-electron chi connectivity index (χ3n) is 4.20. The number of nitrogens with zero attached hydrogens (tertiary/aromatic N) is 1. The zero-order chi connectivity index (χ0) is 15.5. The molecule has 0 fully saturated rings. The fourth-order valence-electron chi connectivity index (χ4n) is 2.41. The minimum atomic E-state index is -0.167. The van der Waals surface area contributed by atoms with Gasteiger partial charge in [-0.25, -0.2) is 4.98 Å². The SMILES string of the molecule is CCOC(=O)C1CCCc2sc(NCC(C)(C)CC)nc21. The molecule has 2 rings (SSSR count). The lowest BCUT2D eigenvalue weighted by molar-refractivity contribution is -0.145. The van der Waals surface area contributed by atoms with E-state index in [1.54, 1.807) is 11.3 Å². The molecular weight excluding hydrogens is 284 g/mol. The lowest BCUT2D eigenvalue weighted by Crippen LogP contribution is -2.22. The summed E-state index contributed by atoms with van der Waals surface area (Å²) in [6.07, 6.45) is 4.05. The molecule has 4 nitrogen and oxygen atoms in total. The Bertz CT molecular complexity index is 496. The normalized spacial score (nSPS) is 18.2. The summed E-state index contributed by atoms with van der Waals surface area (Å²) in [5.41, 5.74) is 1.20. The van der Waals surface area contributed by atoms with Gasteiger partial charge in [0.25, 0.3) is 0 Å². The van der Waals surface area contributed by atoms with Gasteiger partial charge in [0.05, 0.1) is 12.3 Å². The van der Waals surface area contributed by atoms with E-state index in [4.69, 9.17) is 4.74 Å². The molecular formula is C16H26N2O2S. The molecule has 1 atom stereocenters. The van der Waals surface area contributed by atoms with Crippen LogP contribution in [0.2, 0.25) is 0 Å². The number of carbonyl (C=O) groups is 1. The number of fused-ring (bicyclic) bond motifs is 1. The number of nitrogens with one attached hydrogen (secondary N) is 1. The molecule has 1 aromatic heterocycles. The topological polar surface area (TPSA) is 51.2 Å². The van der Waals surface area contributed by atoms with Crippen molar-refractivity contribution in [3.8, 4) is 0 Å². The third-order valence-corrected chi connectivity index (χ3v) is 5.29. The van der Waals surface area contributed by atoms with E-state index < -0.39 is 0 Å². The van der Waals surface area contributed by atoms with Crippen LogP contribution in [0.15, 0.2) is 0 Å². The minimum Gasteiger partial charge on any atom is -0.465 e. The summed E-state index contributed by atoms with van der Waals surface area (Å²) in [5.74, 6) is -0.288. The van der Waals surface area contributed by atoms with E-state index in [-0.39, 0.29) is 17.3 Å². The zero-order valence-corrected chi connectivity index (χ0v) is 14.3. The molecule has 118 valence electrons. The van der Waals surface area contributed by atoms with Crippen LogP contribution in [0.4, 0.5) is 5.13 Å². The summed E-state index contributed by atoms with van der Waals surface area (Å²) in [5, 5.41) is 4.38. The first-order valence-corrected chi connectivity index (χ1v) is 8.68. The fourth-order valence-corrected chi connectivity index (χ4v) is 3.47. The maximum Gasteiger partial charge on any atom is 0.315 e. The molecule has 0 saturated heterocycles. The molecule has 0 aliphatic heterocycles. The second kappa shape index (κ2) is 6.77. The van der Waals surface area contributed by atoms with Crippen molar-refractivity contribution in [2.24, 2.45) is 5.41 Å². The molecule has 0 saturated carbocycles. The summed E-state index contributed by atoms with van der Waals surface area (Å²) in [6.45, 7) is 9.88. The largest absolute Gasteiger partial charge is 0.465 e. The van der Waals surface area contributed by atoms with Crippen LogP contribution < -0.4 is 5.32 Å². The van der Waals surface area contributed by atoms with Gasteiger partial charge in [0, 0.05) is 11.4 Å². The fraction of sp³-hybridized carbons (Fsp3) is 0.750. The number of thiazole rings is 1. The maximum atomic E-state index is 12.1. The Balaban J connectivity index is 2.10. The third kappa shape index (κ3) is 3.96. The molecule has 1 heterocycles. The number of esters is 1. The van der Waals surface area contributed by atoms with Crippen LogP contribution in [-0.4, -0.2) is 24.1 Å². The van der Waals surface area contributed by atoms with Gasteiger partial charge in [-0.3, -0.25) is 4.79 Å². The van der Waals surface area contributed by atoms with Crippen LogP contribution in [0.25, 0.3) is 0 Å². The molecule has 0 spiro atoms. The average molecular weight is 310 g/mol. The van der Waals surface area contributed by atoms with E-state index in [1.807, 2.05) is 6.92 Å². The van der Waals surface area contributed by atoms with Crippen molar-refractivity contribution < 1.29 is 9.53 Å². The quantitative estimate of drug-likeness (QED) is 0.808. The number of ether oxygens (including phenoxy) is 1. The number of anilines is 1. The van der Waals surface area contributed by atoms with Crippen LogP contribution in [0.1, 0.15) is 63.4 Å². The molecule has 5 heteroatoms. The van der Waals surface area contributed by atoms with E-state index >= 15 is 0 Å². The number of hydrogen-bond acceptors (Lipinski definition) is 5. The molecule has 1 unspecified atom stereocenters. The van der Waals surface area contributed by atoms with Gasteiger partial charge in [-0.05, 0) is 38.0 Å². The Kier molecular flexibility index (Phi) is 5.25. The number of rotatable bonds is 6. The van der Waals surface area contributed by atoms with Gasteiger partial charge in [-0.15, -0.1) is 11.3 Å². The van der Waals surface area contributed by atoms with E-state index in [2.05, 4.69) is 31.1 Å². The minimum absolute atomic E-state index is 0.121. The van der Waals surface area contributed by atoms with Crippen molar-refractivity contribution in [2.75, 3.05) is 18.5 Å². The van der Waals surface area contributed by atoms with Crippen molar-refractivity contribution in [1.29, 1.82) is 0 Å². The first-order valence-electron chi connectivity index (χ1n) is 7.87. The predicted octanol–water partition coefficient (Wildman–Crippen LogP) is 3.97. The van der Waals surface area contributed by atoms with Crippen LogP contribution >= 0.6 is 11.3 Å². The van der Waals surface area contributed by atoms with Gasteiger partial charge in [-0.1, -0.05) is 20.8 Å². The van der Waals surface area contributed by atoms with Gasteiger partial charge in [0.1, 0.15) is 5.92 Å². The number of aromatic nitrogens is 1. The Labute approximate surface area is 131 Å². The summed E-state index contributed by atoms with van der Waals surface area (Å²) in [7, 11) is 0. The molecule has 0 aromatic carbocycles. The van der Waals surface area contributed by atoms with Gasteiger partial charge >= 0.3 is 5.97 Å². The summed E-state index contributed by atoms with van der Waals surface area (Å²) >= 11 is 1.70. The number of aryl methyl sites for hydroxylation is 1. The maximum absolute atomic E-state index is 12.1. The summed E-state index contributed by atoms with van der Waals surface area (Å²) < 4.78 is 5.18. The van der Waals surface area contributed by atoms with Crippen LogP contribution in [-0.2, 0) is 16.0 Å². The standard InChI is InChI=1S/C16H26N2O2S/c1-5-16(3,4)10-17-15-18-13-11(14(19)20-6-2)8-7-9-12(13)21-15/h11H,5-10H2,1-4H3,(H,17,18). The molecule has 0 bridgehead atoms. The first-order chi connectivity index (χ1) is 9.96. The van der Waals surface area contributed by atoms with Crippen molar-refractivity contribution in [3.63, 3.8) is 0 Å². The summed E-state index contributed by atoms with van der Waals surface area (Å²) in [6, 6.07) is 0. The van der Waals surface area contributed by atoms with Gasteiger partial charge in [-0.2, -0.15) is 0 Å². The van der Waals surface area contributed by atoms with E-state index in [0.717, 1.165) is 43.1 Å². The predicted molar refractivity (Wildman–Crippen MR) is 87.0 cm³/mol. The van der Waals surface area contributed by atoms with Crippen molar-refractivity contribution in [2.45, 2.75) is 59.3 Å². The summed E-state index contributed by atoms with van der Waals surface area (Å²) in [4.78, 5) is 18.0. The van der Waals surface area contributed by atoms with E-state index in [9.17, 15) is 4.79 Å². The Morgan fingerprint density at radius 1 is 1.48 bits per heavy atom. The molecule has 1 aliphatic rings. The zero-order valence-electron chi connectivity index (χ0n) is 13.5. The Morgan fingerprint density at radius 2 is 2.24 bits per heavy atom. The molecule has 21 heavy (non-hydrogen) atoms. The number of carbonyl (C=O) groups excluding carboxylic acids is 1. The van der Waals surface area contributed by atoms with Crippen molar-refractivity contribution >= 4 is 22.4 Å². The monoisotopic (exact) mass is 310 g/mol. The van der Waals surface area contributed by atoms with Gasteiger partial charge < -0.3 is 10.1 Å². The van der Waals surface area contributed by atoms with E-state index in [0.29, 0.717) is 6.61 Å². The van der Waals surface area contributed by atoms with E-state index in [1.165, 1.54) is 4.88 Å². The Morgan fingerprint density at radius 3 is 2.90 bits per heavy atom. The lowest BCUT2D eigenvalue weighted by atomic mass is 9.90. The van der Waals surface area contributed by atoms with Gasteiger partial charge in [0.15, 0.2) is 5.13 Å². The molecule has 1 aliphatic carbocycles. The van der Waals surface area contributed by atoms with Gasteiger partial charge in [0.2, 0.25) is 0 Å². The highest BCUT2D eigenvalue weighted by Crippen LogP contribution is 2.37. The average Bonchev–Trinajstić information content (AvgIpc) is 2.88. The van der Waals surface area contributed by atoms with Crippen molar-refractivity contribution in [1.82, 2.24) is 4.98 Å². The van der Waals surface area contributed by atoms with Crippen LogP contribution in [0.3, 0.4) is 0 Å². The number of hydrogen-bond donors (Lipinski definition) is 1. The smallest absolute Gasteiger partial charge is 0.315 e. The highest BCUT2D eigenvalue weighted by atomic mass is 32.1. The second-order valence-electron chi connectivity index (χ2n) is 6.40. The highest BCUT2D eigenvalue weighted by molar-refractivity contribution is 7.15. The van der Waals surface area contributed by atoms with Crippen LogP contribution in [0, 0.1) is 5.41 Å². The lowest BCUT2D eigenvalue weighted by Gasteiger charge is -2.22.